The van der Waals surface area contributed by atoms with Crippen molar-refractivity contribution in [3.63, 3.8) is 0 Å². The van der Waals surface area contributed by atoms with Gasteiger partial charge in [-0.3, -0.25) is 9.59 Å². The summed E-state index contributed by atoms with van der Waals surface area (Å²) in [6, 6.07) is 12.3. The van der Waals surface area contributed by atoms with Gasteiger partial charge in [0.15, 0.2) is 0 Å². The van der Waals surface area contributed by atoms with Crippen LogP contribution in [0, 0.1) is 0 Å². The van der Waals surface area contributed by atoms with E-state index in [9.17, 15) is 9.59 Å². The summed E-state index contributed by atoms with van der Waals surface area (Å²) < 4.78 is 16.5. The maximum atomic E-state index is 12.9. The molecule has 0 aromatic heterocycles. The lowest BCUT2D eigenvalue weighted by Gasteiger charge is -2.15. The Hall–Kier alpha value is -2.93. The summed E-state index contributed by atoms with van der Waals surface area (Å²) in [7, 11) is 1.50. The normalized spacial score (nSPS) is 15.2. The number of para-hydroxylation sites is 2. The van der Waals surface area contributed by atoms with Crippen LogP contribution in [0.5, 0.6) is 17.2 Å². The molecule has 0 bridgehead atoms. The molecule has 1 saturated heterocycles. The maximum absolute atomic E-state index is 12.9. The molecule has 6 nitrogen and oxygen atoms in total. The first-order valence-electron chi connectivity index (χ1n) is 8.89. The molecule has 2 aromatic carbocycles. The van der Waals surface area contributed by atoms with Crippen LogP contribution in [0.15, 0.2) is 47.4 Å². The van der Waals surface area contributed by atoms with Crippen molar-refractivity contribution < 1.29 is 23.8 Å². The second-order valence-corrected chi connectivity index (χ2v) is 6.75. The molecule has 7 heteroatoms. The van der Waals surface area contributed by atoms with E-state index in [0.29, 0.717) is 46.6 Å². The fourth-order valence-electron chi connectivity index (χ4n) is 2.80. The zero-order chi connectivity index (χ0) is 20.1. The highest BCUT2D eigenvalue weighted by Crippen LogP contribution is 2.40. The van der Waals surface area contributed by atoms with Gasteiger partial charge in [-0.25, -0.2) is 4.90 Å². The maximum Gasteiger partial charge on any atom is 0.298 e. The van der Waals surface area contributed by atoms with Crippen molar-refractivity contribution in [3.05, 3.63) is 52.9 Å². The van der Waals surface area contributed by atoms with Crippen molar-refractivity contribution in [3.8, 4) is 17.2 Å². The third-order valence-corrected chi connectivity index (χ3v) is 4.87. The number of anilines is 1. The lowest BCUT2D eigenvalue weighted by molar-refractivity contribution is -0.113. The molecule has 2 aromatic rings. The molecule has 1 heterocycles. The first kappa shape index (κ1) is 19.8. The number of hydrogen-bond acceptors (Lipinski definition) is 6. The molecule has 0 saturated carbocycles. The van der Waals surface area contributed by atoms with Crippen molar-refractivity contribution in [2.24, 2.45) is 0 Å². The van der Waals surface area contributed by atoms with Crippen LogP contribution in [0.4, 0.5) is 10.5 Å². The SMILES string of the molecule is CCOc1ccc(/C=C2\SC(=O)N(c3ccccc3OC)C2=O)c(OCC)c1. The number of benzene rings is 2. The number of thioether (sulfide) groups is 1. The van der Waals surface area contributed by atoms with Crippen LogP contribution >= 0.6 is 11.8 Å². The van der Waals surface area contributed by atoms with E-state index in [-0.39, 0.29) is 5.24 Å². The summed E-state index contributed by atoms with van der Waals surface area (Å²) in [6.45, 7) is 4.80. The van der Waals surface area contributed by atoms with Gasteiger partial charge < -0.3 is 14.2 Å². The van der Waals surface area contributed by atoms with Gasteiger partial charge in [-0.2, -0.15) is 0 Å². The molecule has 1 aliphatic rings. The molecule has 0 aliphatic carbocycles. The fourth-order valence-corrected chi connectivity index (χ4v) is 3.63. The van der Waals surface area contributed by atoms with Crippen molar-refractivity contribution in [2.75, 3.05) is 25.2 Å². The lowest BCUT2D eigenvalue weighted by Crippen LogP contribution is -2.28. The molecule has 1 aliphatic heterocycles. The third-order valence-electron chi connectivity index (χ3n) is 4.00. The molecule has 0 N–H and O–H groups in total. The summed E-state index contributed by atoms with van der Waals surface area (Å²) >= 11 is 0.888. The van der Waals surface area contributed by atoms with Crippen LogP contribution in [0.3, 0.4) is 0 Å². The number of carbonyl (C=O) groups is 2. The largest absolute Gasteiger partial charge is 0.495 e. The topological polar surface area (TPSA) is 65.1 Å². The van der Waals surface area contributed by atoms with E-state index >= 15 is 0 Å². The Morgan fingerprint density at radius 2 is 1.75 bits per heavy atom. The van der Waals surface area contributed by atoms with E-state index in [4.69, 9.17) is 14.2 Å². The average Bonchev–Trinajstić information content (AvgIpc) is 2.97. The molecule has 0 unspecified atom stereocenters. The summed E-state index contributed by atoms with van der Waals surface area (Å²) in [5.74, 6) is 1.35. The van der Waals surface area contributed by atoms with Gasteiger partial charge in [-0.05, 0) is 56.0 Å². The Bertz CT molecular complexity index is 925. The van der Waals surface area contributed by atoms with Crippen LogP contribution in [-0.2, 0) is 4.79 Å². The second kappa shape index (κ2) is 8.84. The number of carbonyl (C=O) groups excluding carboxylic acids is 2. The zero-order valence-electron chi connectivity index (χ0n) is 15.9. The molecule has 0 atom stereocenters. The fraction of sp³-hybridized carbons (Fsp3) is 0.238. The number of methoxy groups -OCH3 is 1. The van der Waals surface area contributed by atoms with Gasteiger partial charge in [0.1, 0.15) is 17.2 Å². The quantitative estimate of drug-likeness (QED) is 0.627. The van der Waals surface area contributed by atoms with Gasteiger partial charge in [-0.15, -0.1) is 0 Å². The predicted octanol–water partition coefficient (Wildman–Crippen LogP) is 4.73. The molecule has 0 spiro atoms. The summed E-state index contributed by atoms with van der Waals surface area (Å²) in [6.07, 6.45) is 1.67. The van der Waals surface area contributed by atoms with Crippen molar-refractivity contribution in [1.29, 1.82) is 0 Å². The van der Waals surface area contributed by atoms with Crippen LogP contribution in [0.2, 0.25) is 0 Å². The highest BCUT2D eigenvalue weighted by Gasteiger charge is 2.37. The zero-order valence-corrected chi connectivity index (χ0v) is 16.7. The van der Waals surface area contributed by atoms with Crippen molar-refractivity contribution >= 4 is 34.7 Å². The summed E-state index contributed by atoms with van der Waals surface area (Å²) in [5.41, 5.74) is 1.13. The molecule has 146 valence electrons. The van der Waals surface area contributed by atoms with Crippen LogP contribution in [0.25, 0.3) is 6.08 Å². The van der Waals surface area contributed by atoms with Crippen LogP contribution in [0.1, 0.15) is 19.4 Å². The molecule has 28 heavy (non-hydrogen) atoms. The van der Waals surface area contributed by atoms with E-state index in [1.54, 1.807) is 36.4 Å². The molecule has 3 rings (SSSR count). The number of ether oxygens (including phenoxy) is 3. The molecule has 0 radical (unpaired) electrons. The molecular formula is C21H21NO5S. The highest BCUT2D eigenvalue weighted by molar-refractivity contribution is 8.19. The Kier molecular flexibility index (Phi) is 6.26. The number of rotatable bonds is 7. The number of amides is 2. The van der Waals surface area contributed by atoms with Crippen molar-refractivity contribution in [1.82, 2.24) is 0 Å². The monoisotopic (exact) mass is 399 g/mol. The Morgan fingerprint density at radius 1 is 1.00 bits per heavy atom. The Balaban J connectivity index is 1.96. The Labute approximate surface area is 168 Å². The first-order valence-corrected chi connectivity index (χ1v) is 9.71. The van der Waals surface area contributed by atoms with Gasteiger partial charge in [0.2, 0.25) is 0 Å². The van der Waals surface area contributed by atoms with Crippen LogP contribution < -0.4 is 19.1 Å². The highest BCUT2D eigenvalue weighted by atomic mass is 32.2. The lowest BCUT2D eigenvalue weighted by atomic mass is 10.1. The molecular weight excluding hydrogens is 378 g/mol. The molecule has 2 amide bonds. The van der Waals surface area contributed by atoms with E-state index in [2.05, 4.69) is 0 Å². The first-order chi connectivity index (χ1) is 13.6. The predicted molar refractivity (Wildman–Crippen MR) is 110 cm³/mol. The van der Waals surface area contributed by atoms with Gasteiger partial charge in [0.05, 0.1) is 30.9 Å². The second-order valence-electron chi connectivity index (χ2n) is 5.75. The van der Waals surface area contributed by atoms with Crippen LogP contribution in [-0.4, -0.2) is 31.5 Å². The standard InChI is InChI=1S/C21H21NO5S/c1-4-26-15-11-10-14(18(13-15)27-5-2)12-19-20(23)22(21(24)28-19)16-8-6-7-9-17(16)25-3/h6-13H,4-5H2,1-3H3/b19-12-. The van der Waals surface area contributed by atoms with Gasteiger partial charge in [0.25, 0.3) is 11.1 Å². The Morgan fingerprint density at radius 3 is 2.46 bits per heavy atom. The summed E-state index contributed by atoms with van der Waals surface area (Å²) in [5, 5.41) is -0.371. The van der Waals surface area contributed by atoms with Gasteiger partial charge in [-0.1, -0.05) is 12.1 Å². The van der Waals surface area contributed by atoms with E-state index in [1.165, 1.54) is 7.11 Å². The minimum atomic E-state index is -0.393. The van der Waals surface area contributed by atoms with Crippen molar-refractivity contribution in [2.45, 2.75) is 13.8 Å². The minimum Gasteiger partial charge on any atom is -0.495 e. The van der Waals surface area contributed by atoms with E-state index in [1.807, 2.05) is 26.0 Å². The summed E-state index contributed by atoms with van der Waals surface area (Å²) in [4.78, 5) is 26.9. The number of nitrogens with zero attached hydrogens (tertiary/aromatic N) is 1. The number of imide groups is 1. The third kappa shape index (κ3) is 3.99. The van der Waals surface area contributed by atoms with Gasteiger partial charge in [0, 0.05) is 11.6 Å². The smallest absolute Gasteiger partial charge is 0.298 e. The average molecular weight is 399 g/mol. The van der Waals surface area contributed by atoms with E-state index in [0.717, 1.165) is 16.7 Å². The van der Waals surface area contributed by atoms with E-state index < -0.39 is 5.91 Å². The number of hydrogen-bond donors (Lipinski definition) is 0. The van der Waals surface area contributed by atoms with Gasteiger partial charge >= 0.3 is 0 Å². The minimum absolute atomic E-state index is 0.320. The molecule has 1 fully saturated rings.